The zero-order valence-electron chi connectivity index (χ0n) is 14.2. The molecule has 0 aliphatic carbocycles. The van der Waals surface area contributed by atoms with Gasteiger partial charge in [-0.05, 0) is 42.0 Å². The Morgan fingerprint density at radius 2 is 2.00 bits per heavy atom. The van der Waals surface area contributed by atoms with E-state index in [-0.39, 0.29) is 18.1 Å². The number of amides is 1. The smallest absolute Gasteiger partial charge is 0.229 e. The molecule has 1 atom stereocenters. The summed E-state index contributed by atoms with van der Waals surface area (Å²) in [4.78, 5) is 16.6. The topological polar surface area (TPSA) is 47.3 Å². The van der Waals surface area contributed by atoms with Crippen molar-refractivity contribution >= 4 is 39.3 Å². The van der Waals surface area contributed by atoms with Gasteiger partial charge in [0.05, 0.1) is 29.2 Å². The monoisotopic (exact) mass is 443 g/mol. The van der Waals surface area contributed by atoms with E-state index >= 15 is 0 Å². The molecule has 4 rings (SSSR count). The van der Waals surface area contributed by atoms with Crippen molar-refractivity contribution in [3.05, 3.63) is 75.0 Å². The van der Waals surface area contributed by atoms with Gasteiger partial charge in [-0.25, -0.2) is 4.39 Å². The lowest BCUT2D eigenvalue weighted by molar-refractivity contribution is -0.129. The highest BCUT2D eigenvalue weighted by atomic mass is 79.9. The molecule has 0 bridgehead atoms. The van der Waals surface area contributed by atoms with Gasteiger partial charge in [-0.2, -0.15) is 5.26 Å². The predicted octanol–water partition coefficient (Wildman–Crippen LogP) is 4.81. The lowest BCUT2D eigenvalue weighted by Crippen LogP contribution is -2.47. The summed E-state index contributed by atoms with van der Waals surface area (Å²) in [7, 11) is 0. The van der Waals surface area contributed by atoms with Crippen LogP contribution in [-0.4, -0.2) is 23.4 Å². The fraction of sp³-hybridized carbons (Fsp3) is 0.200. The standard InChI is InChI=1S/C20H15BrFN3OS/c21-14-4-6-16(7-5-14)24-11-25-19(26)9-17(13-2-1-3-15(22)8-13)18(10-23)20(25)27-12-24/h1-8,17H,9,11-12H2/t17-/m0/s1. The molecule has 0 unspecified atom stereocenters. The Hall–Kier alpha value is -2.30. The van der Waals surface area contributed by atoms with Crippen LogP contribution in [-0.2, 0) is 4.79 Å². The Bertz CT molecular complexity index is 970. The molecule has 2 aromatic rings. The summed E-state index contributed by atoms with van der Waals surface area (Å²) >= 11 is 4.90. The number of benzene rings is 2. The first-order valence-electron chi connectivity index (χ1n) is 8.40. The zero-order valence-corrected chi connectivity index (χ0v) is 16.6. The Morgan fingerprint density at radius 1 is 1.22 bits per heavy atom. The van der Waals surface area contributed by atoms with E-state index in [9.17, 15) is 14.4 Å². The van der Waals surface area contributed by atoms with E-state index in [1.807, 2.05) is 24.3 Å². The van der Waals surface area contributed by atoms with Crippen molar-refractivity contribution < 1.29 is 9.18 Å². The van der Waals surface area contributed by atoms with E-state index in [0.29, 0.717) is 28.7 Å². The van der Waals surface area contributed by atoms with Gasteiger partial charge in [-0.3, -0.25) is 9.69 Å². The van der Waals surface area contributed by atoms with Crippen molar-refractivity contribution in [1.82, 2.24) is 4.90 Å². The molecule has 0 saturated carbocycles. The number of rotatable bonds is 2. The first-order chi connectivity index (χ1) is 13.1. The highest BCUT2D eigenvalue weighted by Crippen LogP contribution is 2.43. The number of halogens is 2. The molecule has 1 saturated heterocycles. The van der Waals surface area contributed by atoms with Crippen LogP contribution in [0.25, 0.3) is 0 Å². The van der Waals surface area contributed by atoms with Gasteiger partial charge in [0.2, 0.25) is 5.91 Å². The summed E-state index contributed by atoms with van der Waals surface area (Å²) < 4.78 is 14.6. The van der Waals surface area contributed by atoms with Crippen molar-refractivity contribution in [3.8, 4) is 6.07 Å². The maximum Gasteiger partial charge on any atom is 0.229 e. The number of allylic oxidation sites excluding steroid dienone is 1. The van der Waals surface area contributed by atoms with Gasteiger partial charge in [0.25, 0.3) is 0 Å². The van der Waals surface area contributed by atoms with E-state index in [1.54, 1.807) is 17.0 Å². The number of anilines is 1. The molecule has 2 aliphatic rings. The summed E-state index contributed by atoms with van der Waals surface area (Å²) in [6.07, 6.45) is 0.171. The number of carbonyl (C=O) groups is 1. The minimum atomic E-state index is -0.392. The number of nitriles is 1. The fourth-order valence-electron chi connectivity index (χ4n) is 3.39. The predicted molar refractivity (Wildman–Crippen MR) is 107 cm³/mol. The van der Waals surface area contributed by atoms with Gasteiger partial charge in [0.1, 0.15) is 5.82 Å². The molecule has 4 nitrogen and oxygen atoms in total. The summed E-state index contributed by atoms with van der Waals surface area (Å²) in [5, 5.41) is 10.5. The molecule has 2 heterocycles. The van der Waals surface area contributed by atoms with Gasteiger partial charge < -0.3 is 4.90 Å². The van der Waals surface area contributed by atoms with Gasteiger partial charge in [-0.15, -0.1) is 0 Å². The van der Waals surface area contributed by atoms with Gasteiger partial charge >= 0.3 is 0 Å². The molecule has 136 valence electrons. The van der Waals surface area contributed by atoms with Crippen molar-refractivity contribution in [2.24, 2.45) is 0 Å². The Kier molecular flexibility index (Phi) is 4.94. The van der Waals surface area contributed by atoms with E-state index in [2.05, 4.69) is 26.9 Å². The highest BCUT2D eigenvalue weighted by molar-refractivity contribution is 9.10. The number of hydrogen-bond acceptors (Lipinski definition) is 4. The Balaban J connectivity index is 1.66. The molecule has 2 aliphatic heterocycles. The van der Waals surface area contributed by atoms with Crippen LogP contribution in [0.2, 0.25) is 0 Å². The summed E-state index contributed by atoms with van der Waals surface area (Å²) in [6.45, 7) is 0.407. The third-order valence-corrected chi connectivity index (χ3v) is 6.42. The Labute approximate surface area is 169 Å². The highest BCUT2D eigenvalue weighted by Gasteiger charge is 2.38. The van der Waals surface area contributed by atoms with Crippen LogP contribution < -0.4 is 4.90 Å². The molecule has 0 N–H and O–H groups in total. The van der Waals surface area contributed by atoms with Crippen LogP contribution >= 0.6 is 27.7 Å². The third kappa shape index (κ3) is 3.47. The van der Waals surface area contributed by atoms with E-state index in [4.69, 9.17) is 0 Å². The number of carbonyl (C=O) groups excluding carboxylic acids is 1. The van der Waals surface area contributed by atoms with Crippen LogP contribution in [0.5, 0.6) is 0 Å². The minimum Gasteiger partial charge on any atom is -0.344 e. The van der Waals surface area contributed by atoms with Crippen molar-refractivity contribution in [2.45, 2.75) is 12.3 Å². The second-order valence-corrected chi connectivity index (χ2v) is 8.24. The average Bonchev–Trinajstić information content (AvgIpc) is 2.68. The lowest BCUT2D eigenvalue weighted by Gasteiger charge is -2.42. The van der Waals surface area contributed by atoms with Gasteiger partial charge in [0.15, 0.2) is 0 Å². The number of thioether (sulfide) groups is 1. The normalized spacial score (nSPS) is 19.7. The maximum atomic E-state index is 13.6. The van der Waals surface area contributed by atoms with Crippen molar-refractivity contribution in [3.63, 3.8) is 0 Å². The third-order valence-electron chi connectivity index (χ3n) is 4.74. The average molecular weight is 444 g/mol. The molecule has 0 radical (unpaired) electrons. The summed E-state index contributed by atoms with van der Waals surface area (Å²) in [5.41, 5.74) is 2.23. The molecule has 27 heavy (non-hydrogen) atoms. The molecule has 7 heteroatoms. The van der Waals surface area contributed by atoms with Gasteiger partial charge in [-0.1, -0.05) is 39.8 Å². The number of nitrogens with zero attached hydrogens (tertiary/aromatic N) is 3. The van der Waals surface area contributed by atoms with Crippen LogP contribution in [0.15, 0.2) is 63.6 Å². The minimum absolute atomic E-state index is 0.0485. The molecule has 0 spiro atoms. The lowest BCUT2D eigenvalue weighted by atomic mass is 9.86. The Morgan fingerprint density at radius 3 is 2.70 bits per heavy atom. The largest absolute Gasteiger partial charge is 0.344 e. The first kappa shape index (κ1) is 18.1. The number of hydrogen-bond donors (Lipinski definition) is 0. The summed E-state index contributed by atoms with van der Waals surface area (Å²) in [5.74, 6) is -0.159. The molecular weight excluding hydrogens is 429 g/mol. The molecule has 0 aromatic heterocycles. The fourth-order valence-corrected chi connectivity index (χ4v) is 4.82. The first-order valence-corrected chi connectivity index (χ1v) is 10.2. The van der Waals surface area contributed by atoms with Crippen LogP contribution in [0.3, 0.4) is 0 Å². The zero-order chi connectivity index (χ0) is 19.0. The maximum absolute atomic E-state index is 13.6. The van der Waals surface area contributed by atoms with Crippen molar-refractivity contribution in [2.75, 3.05) is 17.4 Å². The van der Waals surface area contributed by atoms with E-state index in [1.165, 1.54) is 23.9 Å². The molecule has 2 aromatic carbocycles. The van der Waals surface area contributed by atoms with Crippen LogP contribution in [0.1, 0.15) is 17.9 Å². The quantitative estimate of drug-likeness (QED) is 0.667. The van der Waals surface area contributed by atoms with Gasteiger partial charge in [0, 0.05) is 22.5 Å². The van der Waals surface area contributed by atoms with Crippen molar-refractivity contribution in [1.29, 1.82) is 5.26 Å². The number of fused-ring (bicyclic) bond motifs is 1. The van der Waals surface area contributed by atoms with Crippen LogP contribution in [0, 0.1) is 17.1 Å². The molecular formula is C20H15BrFN3OS. The SMILES string of the molecule is N#CC1=C2SCN(c3ccc(Br)cc3)CN2C(=O)C[C@H]1c1cccc(F)c1. The molecule has 1 fully saturated rings. The van der Waals surface area contributed by atoms with E-state index in [0.717, 1.165) is 10.2 Å². The molecule has 1 amide bonds. The second-order valence-electron chi connectivity index (χ2n) is 6.40. The second kappa shape index (κ2) is 7.37. The van der Waals surface area contributed by atoms with E-state index < -0.39 is 5.92 Å². The summed E-state index contributed by atoms with van der Waals surface area (Å²) in [6, 6.07) is 16.4. The van der Waals surface area contributed by atoms with Crippen LogP contribution in [0.4, 0.5) is 10.1 Å².